The number of fused-ring (bicyclic) bond motifs is 1. The van der Waals surface area contributed by atoms with Gasteiger partial charge in [0.15, 0.2) is 0 Å². The van der Waals surface area contributed by atoms with E-state index in [1.807, 2.05) is 23.6 Å². The smallest absolute Gasteiger partial charge is 0.255 e. The Labute approximate surface area is 229 Å². The number of hydrogen-bond donors (Lipinski definition) is 2. The molecule has 0 atom stereocenters. The van der Waals surface area contributed by atoms with E-state index in [1.54, 1.807) is 25.4 Å². The van der Waals surface area contributed by atoms with E-state index in [4.69, 9.17) is 4.84 Å². The van der Waals surface area contributed by atoms with E-state index in [-0.39, 0.29) is 18.7 Å². The van der Waals surface area contributed by atoms with Crippen LogP contribution in [0.3, 0.4) is 0 Å². The van der Waals surface area contributed by atoms with Gasteiger partial charge in [0.05, 0.1) is 12.2 Å². The third kappa shape index (κ3) is 7.11. The number of nitrogens with one attached hydrogen (secondary N) is 2. The van der Waals surface area contributed by atoms with E-state index in [0.29, 0.717) is 16.8 Å². The molecule has 0 saturated heterocycles. The van der Waals surface area contributed by atoms with Crippen LogP contribution in [0.2, 0.25) is 0 Å². The molecule has 0 aliphatic rings. The van der Waals surface area contributed by atoms with Crippen molar-refractivity contribution in [2.75, 3.05) is 7.05 Å². The maximum Gasteiger partial charge on any atom is 0.255 e. The first-order valence-corrected chi connectivity index (χ1v) is 13.4. The molecular formula is C32H39F2N3O2. The molecule has 0 fully saturated rings. The van der Waals surface area contributed by atoms with Crippen LogP contribution in [0.4, 0.5) is 8.78 Å². The van der Waals surface area contributed by atoms with Gasteiger partial charge in [0, 0.05) is 46.9 Å². The molecule has 7 heteroatoms. The summed E-state index contributed by atoms with van der Waals surface area (Å²) in [5.41, 5.74) is 7.81. The summed E-state index contributed by atoms with van der Waals surface area (Å²) < 4.78 is 30.3. The predicted molar refractivity (Wildman–Crippen MR) is 157 cm³/mol. The van der Waals surface area contributed by atoms with Crippen LogP contribution in [-0.4, -0.2) is 16.6 Å². The summed E-state index contributed by atoms with van der Waals surface area (Å²) in [4.78, 5) is 21.4. The monoisotopic (exact) mass is 535 g/mol. The number of aromatic nitrogens is 2. The van der Waals surface area contributed by atoms with Gasteiger partial charge in [-0.15, -0.1) is 0 Å². The van der Waals surface area contributed by atoms with Gasteiger partial charge in [-0.3, -0.25) is 9.63 Å². The van der Waals surface area contributed by atoms with Gasteiger partial charge in [0.1, 0.15) is 18.2 Å². The second-order valence-electron chi connectivity index (χ2n) is 10.1. The van der Waals surface area contributed by atoms with Gasteiger partial charge in [0.2, 0.25) is 0 Å². The van der Waals surface area contributed by atoms with Crippen LogP contribution in [0.25, 0.3) is 28.1 Å². The highest BCUT2D eigenvalue weighted by molar-refractivity contribution is 6.04. The van der Waals surface area contributed by atoms with Crippen LogP contribution in [-0.2, 0) is 24.4 Å². The number of allylic oxidation sites excluding steroid dienone is 1. The Kier molecular flexibility index (Phi) is 10.8. The van der Waals surface area contributed by atoms with Crippen LogP contribution in [0.1, 0.15) is 63.4 Å². The van der Waals surface area contributed by atoms with Crippen molar-refractivity contribution in [3.63, 3.8) is 0 Å². The molecule has 2 N–H and O–H groups in total. The molecule has 0 saturated carbocycles. The number of aryl methyl sites for hydroxylation is 1. The molecule has 2 heterocycles. The highest BCUT2D eigenvalue weighted by Gasteiger charge is 2.24. The van der Waals surface area contributed by atoms with Gasteiger partial charge < -0.3 is 9.55 Å². The molecule has 0 radical (unpaired) electrons. The zero-order chi connectivity index (χ0) is 28.5. The normalized spacial score (nSPS) is 11.4. The number of hydrogen-bond acceptors (Lipinski definition) is 3. The molecule has 0 bridgehead atoms. The van der Waals surface area contributed by atoms with Crippen LogP contribution in [0.5, 0.6) is 0 Å². The fourth-order valence-corrected chi connectivity index (χ4v) is 4.61. The first-order chi connectivity index (χ1) is 18.7. The lowest BCUT2D eigenvalue weighted by Gasteiger charge is -2.13. The molecule has 0 aliphatic heterocycles. The lowest BCUT2D eigenvalue weighted by molar-refractivity contribution is 0.0413. The molecule has 0 amide bonds. The van der Waals surface area contributed by atoms with Crippen molar-refractivity contribution in [1.29, 1.82) is 0 Å². The van der Waals surface area contributed by atoms with Crippen LogP contribution >= 0.6 is 0 Å². The zero-order valence-electron chi connectivity index (χ0n) is 23.7. The number of pyridine rings is 1. The first-order valence-electron chi connectivity index (χ1n) is 13.4. The molecule has 0 unspecified atom stereocenters. The zero-order valence-corrected chi connectivity index (χ0v) is 23.7. The Bertz CT molecular complexity index is 1480. The van der Waals surface area contributed by atoms with E-state index in [9.17, 15) is 13.6 Å². The third-order valence-electron chi connectivity index (χ3n) is 6.11. The quantitative estimate of drug-likeness (QED) is 0.217. The molecule has 0 aliphatic carbocycles. The van der Waals surface area contributed by atoms with Crippen molar-refractivity contribution >= 4 is 17.0 Å². The second-order valence-corrected chi connectivity index (χ2v) is 10.1. The number of aromatic amines is 1. The summed E-state index contributed by atoms with van der Waals surface area (Å²) in [6, 6.07) is 11.3. The topological polar surface area (TPSA) is 59.1 Å². The van der Waals surface area contributed by atoms with Gasteiger partial charge in [-0.05, 0) is 54.7 Å². The first kappa shape index (κ1) is 30.0. The van der Waals surface area contributed by atoms with Gasteiger partial charge in [0.25, 0.3) is 5.56 Å². The fourth-order valence-electron chi connectivity index (χ4n) is 4.61. The standard InChI is InChI=1S/C28H29F2N3O2.C4H10/c1-4-7-18-11-13-24-26(21(18)8-5-2)27(22-9-6-14-32-28(22)34)25(17-35-31-3)33(24)16-19-10-12-20(29)15-23(19)30;1-4(2)3/h5-6,8-15,31H,4,7,16-17H2,1-3H3,(H,32,34);4H,1-3H3/b8-5-;. The van der Waals surface area contributed by atoms with Crippen LogP contribution < -0.4 is 11.0 Å². The maximum absolute atomic E-state index is 14.7. The molecule has 0 spiro atoms. The summed E-state index contributed by atoms with van der Waals surface area (Å²) >= 11 is 0. The lowest BCUT2D eigenvalue weighted by Crippen LogP contribution is -2.14. The van der Waals surface area contributed by atoms with Crippen molar-refractivity contribution in [3.8, 4) is 11.1 Å². The number of nitrogens with zero attached hydrogens (tertiary/aromatic N) is 1. The SMILES string of the molecule is C/C=C\c1c(CCC)ccc2c1c(-c1ccc[nH]c1=O)c(CONC)n2Cc1ccc(F)cc1F.CC(C)C. The Morgan fingerprint density at radius 3 is 2.44 bits per heavy atom. The minimum absolute atomic E-state index is 0.135. The largest absolute Gasteiger partial charge is 0.337 e. The maximum atomic E-state index is 14.7. The Hall–Kier alpha value is -3.55. The van der Waals surface area contributed by atoms with E-state index in [2.05, 4.69) is 50.3 Å². The fraction of sp³-hybridized carbons (Fsp3) is 0.344. The third-order valence-corrected chi connectivity index (χ3v) is 6.11. The number of benzene rings is 2. The summed E-state index contributed by atoms with van der Waals surface area (Å²) in [5, 5.41) is 0.906. The Morgan fingerprint density at radius 1 is 1.10 bits per heavy atom. The van der Waals surface area contributed by atoms with E-state index in [0.717, 1.165) is 52.4 Å². The van der Waals surface area contributed by atoms with Crippen molar-refractivity contribution in [2.45, 2.75) is 60.6 Å². The van der Waals surface area contributed by atoms with Crippen molar-refractivity contribution in [2.24, 2.45) is 5.92 Å². The molecule has 39 heavy (non-hydrogen) atoms. The number of rotatable bonds is 9. The minimum Gasteiger partial charge on any atom is -0.337 e. The Morgan fingerprint density at radius 2 is 1.82 bits per heavy atom. The lowest BCUT2D eigenvalue weighted by atomic mass is 9.94. The highest BCUT2D eigenvalue weighted by Crippen LogP contribution is 2.39. The number of hydroxylamine groups is 1. The van der Waals surface area contributed by atoms with Crippen molar-refractivity contribution in [3.05, 3.63) is 99.1 Å². The molecule has 4 aromatic rings. The molecular weight excluding hydrogens is 496 g/mol. The van der Waals surface area contributed by atoms with Gasteiger partial charge in [-0.25, -0.2) is 14.3 Å². The molecule has 2 aromatic heterocycles. The average molecular weight is 536 g/mol. The summed E-state index contributed by atoms with van der Waals surface area (Å²) in [5.74, 6) is -0.416. The average Bonchev–Trinajstić information content (AvgIpc) is 3.19. The van der Waals surface area contributed by atoms with E-state index in [1.165, 1.54) is 12.1 Å². The minimum atomic E-state index is -0.626. The van der Waals surface area contributed by atoms with Crippen molar-refractivity contribution < 1.29 is 13.6 Å². The van der Waals surface area contributed by atoms with Gasteiger partial charge in [-0.2, -0.15) is 0 Å². The van der Waals surface area contributed by atoms with E-state index < -0.39 is 11.6 Å². The number of halogens is 2. The highest BCUT2D eigenvalue weighted by atomic mass is 19.1. The summed E-state index contributed by atoms with van der Waals surface area (Å²) in [7, 11) is 1.66. The van der Waals surface area contributed by atoms with E-state index >= 15 is 0 Å². The molecule has 5 nitrogen and oxygen atoms in total. The molecule has 4 rings (SSSR count). The second kappa shape index (κ2) is 14.0. The van der Waals surface area contributed by atoms with Crippen LogP contribution in [0, 0.1) is 17.6 Å². The van der Waals surface area contributed by atoms with Gasteiger partial charge >= 0.3 is 0 Å². The van der Waals surface area contributed by atoms with Crippen LogP contribution in [0.15, 0.2) is 59.5 Å². The molecule has 208 valence electrons. The summed E-state index contributed by atoms with van der Waals surface area (Å²) in [6.07, 6.45) is 7.47. The predicted octanol–water partition coefficient (Wildman–Crippen LogP) is 7.62. The summed E-state index contributed by atoms with van der Waals surface area (Å²) in [6.45, 7) is 10.9. The molecule has 2 aromatic carbocycles. The number of H-pyrrole nitrogens is 1. The van der Waals surface area contributed by atoms with Crippen molar-refractivity contribution in [1.82, 2.24) is 15.0 Å². The van der Waals surface area contributed by atoms with Gasteiger partial charge in [-0.1, -0.05) is 58.4 Å². The Balaban J connectivity index is 0.000000983.